The number of carbonyl (C=O) groups is 2. The number of benzene rings is 2. The molecule has 0 aliphatic rings. The summed E-state index contributed by atoms with van der Waals surface area (Å²) in [7, 11) is -8.90. The summed E-state index contributed by atoms with van der Waals surface area (Å²) in [6, 6.07) is 4.91. The smallest absolute Gasteiger partial charge is 0.339 e. The van der Waals surface area contributed by atoms with Gasteiger partial charge < -0.3 is 20.4 Å². The fraction of sp³-hybridized carbons (Fsp3) is 0. The molecular formula is C14H12O12S2. The first-order chi connectivity index (χ1) is 12.6. The molecule has 2 rings (SSSR count). The maximum Gasteiger partial charge on any atom is 0.339 e. The van der Waals surface area contributed by atoms with Crippen LogP contribution in [0.1, 0.15) is 20.7 Å². The predicted octanol–water partition coefficient (Wildman–Crippen LogP) is 0.674. The summed E-state index contributed by atoms with van der Waals surface area (Å²) in [6.45, 7) is 0. The van der Waals surface area contributed by atoms with Crippen LogP contribution in [-0.4, -0.2) is 58.3 Å². The van der Waals surface area contributed by atoms with Crippen molar-refractivity contribution in [2.75, 3.05) is 0 Å². The van der Waals surface area contributed by atoms with Crippen molar-refractivity contribution in [3.05, 3.63) is 47.5 Å². The molecule has 0 radical (unpaired) electrons. The quantitative estimate of drug-likeness (QED) is 0.364. The van der Waals surface area contributed by atoms with Crippen molar-refractivity contribution >= 4 is 32.2 Å². The number of rotatable bonds is 4. The van der Waals surface area contributed by atoms with E-state index in [1.165, 1.54) is 0 Å². The van der Waals surface area contributed by atoms with E-state index in [2.05, 4.69) is 0 Å². The number of hydrogen-bond donors (Lipinski definition) is 6. The second-order valence-electron chi connectivity index (χ2n) is 4.92. The van der Waals surface area contributed by atoms with Gasteiger partial charge in [-0.15, -0.1) is 0 Å². The Bertz CT molecular complexity index is 1040. The van der Waals surface area contributed by atoms with Gasteiger partial charge in [0.1, 0.15) is 22.6 Å². The summed E-state index contributed by atoms with van der Waals surface area (Å²) in [6.07, 6.45) is 0. The minimum atomic E-state index is -4.45. The van der Waals surface area contributed by atoms with Crippen LogP contribution < -0.4 is 0 Å². The molecule has 0 aliphatic carbocycles. The van der Waals surface area contributed by atoms with Crippen molar-refractivity contribution < 1.29 is 56.0 Å². The van der Waals surface area contributed by atoms with Gasteiger partial charge in [-0.25, -0.2) is 9.59 Å². The molecule has 0 amide bonds. The zero-order valence-corrected chi connectivity index (χ0v) is 15.0. The third-order valence-corrected chi connectivity index (χ3v) is 4.69. The molecule has 0 fully saturated rings. The van der Waals surface area contributed by atoms with Gasteiger partial charge in [0.15, 0.2) is 0 Å². The van der Waals surface area contributed by atoms with Crippen LogP contribution in [0.25, 0.3) is 0 Å². The molecule has 0 saturated carbocycles. The lowest BCUT2D eigenvalue weighted by atomic mass is 10.2. The zero-order valence-electron chi connectivity index (χ0n) is 13.4. The van der Waals surface area contributed by atoms with Gasteiger partial charge in [-0.3, -0.25) is 9.11 Å². The molecule has 0 spiro atoms. The minimum absolute atomic E-state index is 0.565. The third kappa shape index (κ3) is 5.92. The van der Waals surface area contributed by atoms with Gasteiger partial charge in [-0.2, -0.15) is 16.8 Å². The third-order valence-electron chi connectivity index (χ3n) is 2.99. The number of carboxylic acid groups (broad SMARTS) is 2. The van der Waals surface area contributed by atoms with Crippen molar-refractivity contribution in [1.29, 1.82) is 0 Å². The van der Waals surface area contributed by atoms with Crippen LogP contribution in [0.4, 0.5) is 0 Å². The summed E-state index contributed by atoms with van der Waals surface area (Å²) < 4.78 is 59.6. The molecule has 152 valence electrons. The van der Waals surface area contributed by atoms with Gasteiger partial charge in [-0.1, -0.05) is 0 Å². The van der Waals surface area contributed by atoms with E-state index >= 15 is 0 Å². The first kappa shape index (κ1) is 22.8. The van der Waals surface area contributed by atoms with Crippen molar-refractivity contribution in [3.63, 3.8) is 0 Å². The maximum absolute atomic E-state index is 10.6. The molecule has 2 aromatic carbocycles. The highest BCUT2D eigenvalue weighted by molar-refractivity contribution is 7.86. The van der Waals surface area contributed by atoms with Gasteiger partial charge in [0.2, 0.25) is 0 Å². The average molecular weight is 436 g/mol. The lowest BCUT2D eigenvalue weighted by Gasteiger charge is -2.01. The van der Waals surface area contributed by atoms with Gasteiger partial charge in [0.25, 0.3) is 20.2 Å². The normalized spacial score (nSPS) is 11.2. The van der Waals surface area contributed by atoms with E-state index < -0.39 is 64.6 Å². The highest BCUT2D eigenvalue weighted by Gasteiger charge is 2.17. The van der Waals surface area contributed by atoms with Gasteiger partial charge in [0.05, 0.1) is 9.79 Å². The predicted molar refractivity (Wildman–Crippen MR) is 89.8 cm³/mol. The fourth-order valence-corrected chi connectivity index (χ4v) is 2.71. The van der Waals surface area contributed by atoms with E-state index in [0.717, 1.165) is 24.3 Å². The lowest BCUT2D eigenvalue weighted by molar-refractivity contribution is 0.0682. The molecular weight excluding hydrogens is 424 g/mol. The minimum Gasteiger partial charge on any atom is -0.507 e. The second-order valence-corrected chi connectivity index (χ2v) is 7.76. The van der Waals surface area contributed by atoms with Crippen molar-refractivity contribution in [3.8, 4) is 11.5 Å². The van der Waals surface area contributed by atoms with Crippen LogP contribution >= 0.6 is 0 Å². The number of aromatic hydroxyl groups is 2. The largest absolute Gasteiger partial charge is 0.507 e. The molecule has 0 heterocycles. The molecule has 0 bridgehead atoms. The number of hydrogen-bond acceptors (Lipinski definition) is 8. The SMILES string of the molecule is O=C(O)c1cc(S(=O)(=O)O)ccc1O.O=C(O)c1cc(S(=O)(=O)O)ccc1O. The standard InChI is InChI=1S/2C7H6O6S/c2*8-6-2-1-4(14(11,12)13)3-5(6)7(9)10/h2*1-3,8H,(H,9,10)(H,11,12,13). The van der Waals surface area contributed by atoms with E-state index in [0.29, 0.717) is 12.1 Å². The second kappa shape index (κ2) is 8.22. The Morgan fingerprint density at radius 2 is 0.929 bits per heavy atom. The van der Waals surface area contributed by atoms with Gasteiger partial charge in [0, 0.05) is 0 Å². The Morgan fingerprint density at radius 3 is 1.14 bits per heavy atom. The average Bonchev–Trinajstić information content (AvgIpc) is 2.53. The summed E-state index contributed by atoms with van der Waals surface area (Å²) in [5.74, 6) is -4.09. The van der Waals surface area contributed by atoms with Crippen molar-refractivity contribution in [1.82, 2.24) is 0 Å². The van der Waals surface area contributed by atoms with Crippen molar-refractivity contribution in [2.24, 2.45) is 0 Å². The Kier molecular flexibility index (Phi) is 6.70. The molecule has 28 heavy (non-hydrogen) atoms. The zero-order chi connectivity index (χ0) is 21.9. The lowest BCUT2D eigenvalue weighted by Crippen LogP contribution is -2.02. The van der Waals surface area contributed by atoms with Gasteiger partial charge in [-0.05, 0) is 36.4 Å². The molecule has 12 nitrogen and oxygen atoms in total. The first-order valence-corrected chi connectivity index (χ1v) is 9.60. The molecule has 0 aliphatic heterocycles. The summed E-state index contributed by atoms with van der Waals surface area (Å²) in [5.41, 5.74) is -1.17. The summed E-state index contributed by atoms with van der Waals surface area (Å²) in [5, 5.41) is 35.1. The molecule has 0 saturated heterocycles. The molecule has 14 heteroatoms. The molecule has 2 aromatic rings. The van der Waals surface area contributed by atoms with Crippen LogP contribution in [0.2, 0.25) is 0 Å². The highest BCUT2D eigenvalue weighted by Crippen LogP contribution is 2.21. The first-order valence-electron chi connectivity index (χ1n) is 6.72. The molecule has 0 unspecified atom stereocenters. The molecule has 0 atom stereocenters. The summed E-state index contributed by atoms with van der Waals surface area (Å²) >= 11 is 0. The monoisotopic (exact) mass is 436 g/mol. The number of phenols is 2. The van der Waals surface area contributed by atoms with E-state index in [-0.39, 0.29) is 0 Å². The fourth-order valence-electron chi connectivity index (χ4n) is 1.69. The van der Waals surface area contributed by atoms with Crippen LogP contribution in [-0.2, 0) is 20.2 Å². The van der Waals surface area contributed by atoms with Gasteiger partial charge >= 0.3 is 11.9 Å². The molecule has 6 N–H and O–H groups in total. The van der Waals surface area contributed by atoms with E-state index in [9.17, 15) is 26.4 Å². The van der Waals surface area contributed by atoms with Crippen molar-refractivity contribution in [2.45, 2.75) is 9.79 Å². The topological polar surface area (TPSA) is 224 Å². The Balaban J connectivity index is 0.000000280. The highest BCUT2D eigenvalue weighted by atomic mass is 32.2. The van der Waals surface area contributed by atoms with Crippen LogP contribution in [0.3, 0.4) is 0 Å². The van der Waals surface area contributed by atoms with E-state index in [1.807, 2.05) is 0 Å². The maximum atomic E-state index is 10.6. The van der Waals surface area contributed by atoms with Crippen LogP contribution in [0.15, 0.2) is 46.2 Å². The van der Waals surface area contributed by atoms with Crippen LogP contribution in [0.5, 0.6) is 11.5 Å². The van der Waals surface area contributed by atoms with E-state index in [4.69, 9.17) is 29.5 Å². The number of aromatic carboxylic acids is 2. The Morgan fingerprint density at radius 1 is 0.643 bits per heavy atom. The summed E-state index contributed by atoms with van der Waals surface area (Å²) in [4.78, 5) is 19.8. The molecule has 0 aromatic heterocycles. The number of carboxylic acids is 2. The Hall–Kier alpha value is -3.20. The van der Waals surface area contributed by atoms with E-state index in [1.54, 1.807) is 0 Å². The Labute approximate surface area is 157 Å². The van der Waals surface area contributed by atoms with Crippen LogP contribution in [0, 0.1) is 0 Å².